The first kappa shape index (κ1) is 12.5. The SMILES string of the molecule is Fc1cccc(N(Cc2ccco2)Cc2ccco2)n1. The van der Waals surface area contributed by atoms with Gasteiger partial charge in [0, 0.05) is 0 Å². The van der Waals surface area contributed by atoms with Crippen LogP contribution in [0.2, 0.25) is 0 Å². The Labute approximate surface area is 115 Å². The molecule has 0 saturated carbocycles. The highest BCUT2D eigenvalue weighted by Crippen LogP contribution is 2.18. The van der Waals surface area contributed by atoms with Gasteiger partial charge in [0.15, 0.2) is 0 Å². The van der Waals surface area contributed by atoms with Gasteiger partial charge >= 0.3 is 0 Å². The van der Waals surface area contributed by atoms with E-state index in [1.807, 2.05) is 29.2 Å². The summed E-state index contributed by atoms with van der Waals surface area (Å²) >= 11 is 0. The average molecular weight is 272 g/mol. The summed E-state index contributed by atoms with van der Waals surface area (Å²) in [6.07, 6.45) is 3.22. The molecule has 3 aromatic heterocycles. The van der Waals surface area contributed by atoms with Crippen LogP contribution >= 0.6 is 0 Å². The van der Waals surface area contributed by atoms with Gasteiger partial charge < -0.3 is 13.7 Å². The van der Waals surface area contributed by atoms with Crippen molar-refractivity contribution in [1.29, 1.82) is 0 Å². The predicted molar refractivity (Wildman–Crippen MR) is 71.5 cm³/mol. The summed E-state index contributed by atoms with van der Waals surface area (Å²) in [6.45, 7) is 0.980. The van der Waals surface area contributed by atoms with Crippen LogP contribution in [0, 0.1) is 5.95 Å². The molecule has 0 aliphatic heterocycles. The third-order valence-corrected chi connectivity index (χ3v) is 2.88. The van der Waals surface area contributed by atoms with E-state index >= 15 is 0 Å². The fraction of sp³-hybridized carbons (Fsp3) is 0.133. The molecular formula is C15H13FN2O2. The summed E-state index contributed by atoms with van der Waals surface area (Å²) in [5, 5.41) is 0. The van der Waals surface area contributed by atoms with Crippen LogP contribution in [0.15, 0.2) is 63.8 Å². The lowest BCUT2D eigenvalue weighted by molar-refractivity contribution is 0.473. The molecule has 20 heavy (non-hydrogen) atoms. The van der Waals surface area contributed by atoms with Gasteiger partial charge in [0.05, 0.1) is 25.6 Å². The third-order valence-electron chi connectivity index (χ3n) is 2.88. The summed E-state index contributed by atoms with van der Waals surface area (Å²) in [6, 6.07) is 12.1. The van der Waals surface area contributed by atoms with Crippen LogP contribution in [0.1, 0.15) is 11.5 Å². The lowest BCUT2D eigenvalue weighted by atomic mass is 10.3. The van der Waals surface area contributed by atoms with Crippen molar-refractivity contribution in [2.45, 2.75) is 13.1 Å². The van der Waals surface area contributed by atoms with Crippen LogP contribution in [-0.4, -0.2) is 4.98 Å². The Morgan fingerprint density at radius 1 is 0.900 bits per heavy atom. The predicted octanol–water partition coefficient (Wildman–Crippen LogP) is 3.61. The molecule has 0 spiro atoms. The van der Waals surface area contributed by atoms with E-state index in [2.05, 4.69) is 4.98 Å². The van der Waals surface area contributed by atoms with Crippen molar-refractivity contribution < 1.29 is 13.2 Å². The zero-order valence-corrected chi connectivity index (χ0v) is 10.7. The molecule has 102 valence electrons. The smallest absolute Gasteiger partial charge is 0.214 e. The molecule has 0 fully saturated rings. The van der Waals surface area contributed by atoms with Gasteiger partial charge in [-0.25, -0.2) is 4.98 Å². The highest BCUT2D eigenvalue weighted by molar-refractivity contribution is 5.38. The van der Waals surface area contributed by atoms with Crippen LogP contribution < -0.4 is 4.90 Å². The second-order valence-electron chi connectivity index (χ2n) is 4.33. The lowest BCUT2D eigenvalue weighted by Gasteiger charge is -2.21. The van der Waals surface area contributed by atoms with E-state index in [0.717, 1.165) is 11.5 Å². The van der Waals surface area contributed by atoms with E-state index in [0.29, 0.717) is 18.9 Å². The maximum absolute atomic E-state index is 13.3. The number of hydrogen-bond acceptors (Lipinski definition) is 4. The Morgan fingerprint density at radius 3 is 2.05 bits per heavy atom. The van der Waals surface area contributed by atoms with Crippen LogP contribution in [0.3, 0.4) is 0 Å². The molecule has 0 radical (unpaired) electrons. The number of hydrogen-bond donors (Lipinski definition) is 0. The van der Waals surface area contributed by atoms with Gasteiger partial charge in [0.1, 0.15) is 17.3 Å². The maximum atomic E-state index is 13.3. The van der Waals surface area contributed by atoms with Crippen molar-refractivity contribution in [3.05, 3.63) is 72.5 Å². The Morgan fingerprint density at radius 2 is 1.55 bits per heavy atom. The molecule has 0 atom stereocenters. The van der Waals surface area contributed by atoms with Gasteiger partial charge in [-0.1, -0.05) is 6.07 Å². The van der Waals surface area contributed by atoms with Crippen LogP contribution in [-0.2, 0) is 13.1 Å². The van der Waals surface area contributed by atoms with Crippen molar-refractivity contribution in [3.63, 3.8) is 0 Å². The Balaban J connectivity index is 1.86. The van der Waals surface area contributed by atoms with Gasteiger partial charge in [0.25, 0.3) is 0 Å². The topological polar surface area (TPSA) is 42.4 Å². The van der Waals surface area contributed by atoms with Gasteiger partial charge in [0.2, 0.25) is 5.95 Å². The molecule has 5 heteroatoms. The van der Waals surface area contributed by atoms with Crippen molar-refractivity contribution in [2.24, 2.45) is 0 Å². The number of nitrogens with zero attached hydrogens (tertiary/aromatic N) is 2. The number of halogens is 1. The monoisotopic (exact) mass is 272 g/mol. The quantitative estimate of drug-likeness (QED) is 0.665. The largest absolute Gasteiger partial charge is 0.467 e. The normalized spacial score (nSPS) is 10.7. The average Bonchev–Trinajstić information content (AvgIpc) is 3.11. The Bertz CT molecular complexity index is 614. The standard InChI is InChI=1S/C15H13FN2O2/c16-14-6-1-7-15(17-14)18(10-12-4-2-8-19-12)11-13-5-3-9-20-13/h1-9H,10-11H2. The van der Waals surface area contributed by atoms with E-state index in [9.17, 15) is 4.39 Å². The number of aromatic nitrogens is 1. The van der Waals surface area contributed by atoms with E-state index in [1.54, 1.807) is 24.7 Å². The molecule has 0 N–H and O–H groups in total. The summed E-state index contributed by atoms with van der Waals surface area (Å²) in [4.78, 5) is 5.80. The summed E-state index contributed by atoms with van der Waals surface area (Å²) < 4.78 is 24.0. The first-order valence-corrected chi connectivity index (χ1v) is 6.23. The second kappa shape index (κ2) is 5.61. The molecule has 4 nitrogen and oxygen atoms in total. The van der Waals surface area contributed by atoms with Gasteiger partial charge in [-0.2, -0.15) is 4.39 Å². The second-order valence-corrected chi connectivity index (χ2v) is 4.33. The van der Waals surface area contributed by atoms with Crippen LogP contribution in [0.4, 0.5) is 10.2 Å². The molecular weight excluding hydrogens is 259 g/mol. The van der Waals surface area contributed by atoms with Gasteiger partial charge in [-0.3, -0.25) is 0 Å². The molecule has 0 aliphatic carbocycles. The van der Waals surface area contributed by atoms with Crippen molar-refractivity contribution in [2.75, 3.05) is 4.90 Å². The molecule has 0 aromatic carbocycles. The molecule has 3 rings (SSSR count). The minimum atomic E-state index is -0.508. The number of pyridine rings is 1. The highest BCUT2D eigenvalue weighted by Gasteiger charge is 2.13. The minimum Gasteiger partial charge on any atom is -0.467 e. The van der Waals surface area contributed by atoms with Gasteiger partial charge in [-0.05, 0) is 36.4 Å². The van der Waals surface area contributed by atoms with E-state index in [-0.39, 0.29) is 0 Å². The first-order chi connectivity index (χ1) is 9.81. The van der Waals surface area contributed by atoms with E-state index in [4.69, 9.17) is 8.83 Å². The Kier molecular flexibility index (Phi) is 3.50. The third kappa shape index (κ3) is 2.88. The molecule has 0 amide bonds. The number of anilines is 1. The fourth-order valence-corrected chi connectivity index (χ4v) is 1.97. The van der Waals surface area contributed by atoms with Crippen molar-refractivity contribution in [3.8, 4) is 0 Å². The lowest BCUT2D eigenvalue weighted by Crippen LogP contribution is -2.22. The summed E-state index contributed by atoms with van der Waals surface area (Å²) in [5.41, 5.74) is 0. The molecule has 3 aromatic rings. The molecule has 0 bridgehead atoms. The summed E-state index contributed by atoms with van der Waals surface area (Å²) in [5.74, 6) is 1.59. The van der Waals surface area contributed by atoms with Crippen LogP contribution in [0.25, 0.3) is 0 Å². The number of furan rings is 2. The maximum Gasteiger partial charge on any atom is 0.214 e. The first-order valence-electron chi connectivity index (χ1n) is 6.23. The van der Waals surface area contributed by atoms with E-state index in [1.165, 1.54) is 6.07 Å². The fourth-order valence-electron chi connectivity index (χ4n) is 1.97. The Hall–Kier alpha value is -2.56. The van der Waals surface area contributed by atoms with Crippen molar-refractivity contribution >= 4 is 5.82 Å². The zero-order chi connectivity index (χ0) is 13.8. The summed E-state index contributed by atoms with van der Waals surface area (Å²) in [7, 11) is 0. The highest BCUT2D eigenvalue weighted by atomic mass is 19.1. The molecule has 3 heterocycles. The van der Waals surface area contributed by atoms with Gasteiger partial charge in [-0.15, -0.1) is 0 Å². The van der Waals surface area contributed by atoms with Crippen molar-refractivity contribution in [1.82, 2.24) is 4.98 Å². The number of rotatable bonds is 5. The molecule has 0 saturated heterocycles. The minimum absolute atomic E-state index is 0.490. The van der Waals surface area contributed by atoms with E-state index < -0.39 is 5.95 Å². The zero-order valence-electron chi connectivity index (χ0n) is 10.7. The molecule has 0 aliphatic rings. The van der Waals surface area contributed by atoms with Crippen LogP contribution in [0.5, 0.6) is 0 Å². The molecule has 0 unspecified atom stereocenters.